The van der Waals surface area contributed by atoms with Crippen LogP contribution < -0.4 is 20.7 Å². The van der Waals surface area contributed by atoms with Gasteiger partial charge in [0.25, 0.3) is 11.8 Å². The zero-order valence-corrected chi connectivity index (χ0v) is 16.4. The molecule has 11 heteroatoms. The van der Waals surface area contributed by atoms with Crippen molar-refractivity contribution in [3.63, 3.8) is 0 Å². The molecule has 1 aliphatic rings. The van der Waals surface area contributed by atoms with E-state index in [1.165, 1.54) is 18.6 Å². The lowest BCUT2D eigenvalue weighted by Gasteiger charge is -2.23. The molecular formula is C20H20FN7O3. The van der Waals surface area contributed by atoms with Crippen LogP contribution in [0.5, 0.6) is 5.88 Å². The highest BCUT2D eigenvalue weighted by atomic mass is 19.1. The molecule has 4 heterocycles. The zero-order chi connectivity index (χ0) is 21.6. The summed E-state index contributed by atoms with van der Waals surface area (Å²) in [5, 5.41) is 14.8. The van der Waals surface area contributed by atoms with Crippen molar-refractivity contribution in [2.24, 2.45) is 0 Å². The number of carbonyl (C=O) groups is 2. The van der Waals surface area contributed by atoms with Crippen molar-refractivity contribution in [3.05, 3.63) is 60.1 Å². The Morgan fingerprint density at radius 2 is 1.90 bits per heavy atom. The third-order valence-corrected chi connectivity index (χ3v) is 4.65. The second kappa shape index (κ2) is 9.30. The summed E-state index contributed by atoms with van der Waals surface area (Å²) in [7, 11) is 0. The van der Waals surface area contributed by atoms with Crippen molar-refractivity contribution in [1.82, 2.24) is 25.5 Å². The van der Waals surface area contributed by atoms with Crippen LogP contribution in [-0.4, -0.2) is 51.2 Å². The monoisotopic (exact) mass is 425 g/mol. The van der Waals surface area contributed by atoms with Crippen LogP contribution in [0.15, 0.2) is 43.0 Å². The molecule has 3 aromatic heterocycles. The fourth-order valence-corrected chi connectivity index (χ4v) is 3.09. The normalized spacial score (nSPS) is 14.1. The van der Waals surface area contributed by atoms with E-state index in [1.54, 1.807) is 12.1 Å². The number of halogens is 1. The number of nitrogens with zero attached hydrogens (tertiary/aromatic N) is 3. The Balaban J connectivity index is 1.38. The Kier molecular flexibility index (Phi) is 6.13. The summed E-state index contributed by atoms with van der Waals surface area (Å²) in [5.74, 6) is -1.30. The van der Waals surface area contributed by atoms with Crippen LogP contribution in [0.3, 0.4) is 0 Å². The maximum atomic E-state index is 13.3. The number of aromatic nitrogens is 4. The third kappa shape index (κ3) is 5.20. The number of anilines is 2. The van der Waals surface area contributed by atoms with Gasteiger partial charge in [-0.25, -0.2) is 9.37 Å². The summed E-state index contributed by atoms with van der Waals surface area (Å²) in [6, 6.07) is 4.40. The molecule has 0 aromatic carbocycles. The number of pyridine rings is 2. The van der Waals surface area contributed by atoms with Gasteiger partial charge in [-0.3, -0.25) is 19.7 Å². The van der Waals surface area contributed by atoms with E-state index in [1.807, 2.05) is 0 Å². The molecule has 0 atom stereocenters. The van der Waals surface area contributed by atoms with Crippen LogP contribution in [0.2, 0.25) is 0 Å². The van der Waals surface area contributed by atoms with E-state index in [-0.39, 0.29) is 23.0 Å². The number of hydrogen-bond acceptors (Lipinski definition) is 7. The smallest absolute Gasteiger partial charge is 0.275 e. The highest BCUT2D eigenvalue weighted by Gasteiger charge is 2.18. The molecule has 1 fully saturated rings. The van der Waals surface area contributed by atoms with Crippen LogP contribution in [0.1, 0.15) is 33.7 Å². The second-order valence-electron chi connectivity index (χ2n) is 6.91. The Labute approximate surface area is 176 Å². The Hall–Kier alpha value is -3.86. The molecule has 0 bridgehead atoms. The molecule has 0 spiro atoms. The standard InChI is InChI=1S/C20H20FN7O3/c21-13-7-12(8-23-9-13)19(29)27-16-11-25-28-18(16)20(30)26-14-1-2-17(24-10-14)31-15-3-5-22-6-4-15/h1-2,7-11,15,22H,3-6H2,(H,25,28)(H,26,30)(H,27,29). The van der Waals surface area contributed by atoms with Crippen molar-refractivity contribution in [1.29, 1.82) is 0 Å². The average Bonchev–Trinajstić information content (AvgIpc) is 3.24. The highest BCUT2D eigenvalue weighted by molar-refractivity contribution is 6.11. The summed E-state index contributed by atoms with van der Waals surface area (Å²) in [6.45, 7) is 1.83. The Morgan fingerprint density at radius 1 is 1.06 bits per heavy atom. The van der Waals surface area contributed by atoms with Crippen LogP contribution in [-0.2, 0) is 0 Å². The van der Waals surface area contributed by atoms with E-state index in [0.29, 0.717) is 11.6 Å². The minimum atomic E-state index is -0.641. The van der Waals surface area contributed by atoms with Gasteiger partial charge in [0.2, 0.25) is 5.88 Å². The second-order valence-corrected chi connectivity index (χ2v) is 6.91. The summed E-state index contributed by atoms with van der Waals surface area (Å²) in [5.41, 5.74) is 0.642. The molecule has 2 amide bonds. The van der Waals surface area contributed by atoms with Crippen molar-refractivity contribution in [2.75, 3.05) is 23.7 Å². The molecule has 3 aromatic rings. The SMILES string of the molecule is O=C(Nc1cn[nH]c1C(=O)Nc1ccc(OC2CCNCC2)nc1)c1cncc(F)c1. The van der Waals surface area contributed by atoms with Crippen LogP contribution >= 0.6 is 0 Å². The van der Waals surface area contributed by atoms with Gasteiger partial charge in [0, 0.05) is 12.3 Å². The molecule has 1 aliphatic heterocycles. The third-order valence-electron chi connectivity index (χ3n) is 4.65. The number of amides is 2. The first-order valence-electron chi connectivity index (χ1n) is 9.68. The predicted octanol–water partition coefficient (Wildman–Crippen LogP) is 1.97. The Bertz CT molecular complexity index is 1060. The van der Waals surface area contributed by atoms with Gasteiger partial charge in [0.1, 0.15) is 17.6 Å². The predicted molar refractivity (Wildman–Crippen MR) is 109 cm³/mol. The summed E-state index contributed by atoms with van der Waals surface area (Å²) < 4.78 is 19.1. The van der Waals surface area contributed by atoms with E-state index < -0.39 is 17.6 Å². The Morgan fingerprint density at radius 3 is 2.65 bits per heavy atom. The van der Waals surface area contributed by atoms with Gasteiger partial charge >= 0.3 is 0 Å². The van der Waals surface area contributed by atoms with Gasteiger partial charge in [-0.05, 0) is 38.1 Å². The van der Waals surface area contributed by atoms with Crippen LogP contribution in [0.25, 0.3) is 0 Å². The fourth-order valence-electron chi connectivity index (χ4n) is 3.09. The molecule has 0 saturated carbocycles. The molecular weight excluding hydrogens is 405 g/mol. The van der Waals surface area contributed by atoms with Gasteiger partial charge in [0.15, 0.2) is 0 Å². The maximum Gasteiger partial charge on any atom is 0.275 e. The van der Waals surface area contributed by atoms with E-state index in [9.17, 15) is 14.0 Å². The zero-order valence-electron chi connectivity index (χ0n) is 16.4. The van der Waals surface area contributed by atoms with E-state index in [0.717, 1.165) is 38.2 Å². The van der Waals surface area contributed by atoms with Gasteiger partial charge in [0.05, 0.1) is 35.5 Å². The molecule has 31 heavy (non-hydrogen) atoms. The molecule has 0 aliphatic carbocycles. The maximum absolute atomic E-state index is 13.3. The van der Waals surface area contributed by atoms with E-state index in [4.69, 9.17) is 4.74 Å². The fraction of sp³-hybridized carbons (Fsp3) is 0.250. The molecule has 10 nitrogen and oxygen atoms in total. The molecule has 4 rings (SSSR count). The van der Waals surface area contributed by atoms with Gasteiger partial charge < -0.3 is 20.7 Å². The lowest BCUT2D eigenvalue weighted by molar-refractivity contribution is 0.102. The lowest BCUT2D eigenvalue weighted by Crippen LogP contribution is -2.34. The van der Waals surface area contributed by atoms with Crippen molar-refractivity contribution in [2.45, 2.75) is 18.9 Å². The summed E-state index contributed by atoms with van der Waals surface area (Å²) in [4.78, 5) is 32.7. The highest BCUT2D eigenvalue weighted by Crippen LogP contribution is 2.19. The van der Waals surface area contributed by atoms with E-state index >= 15 is 0 Å². The first-order valence-corrected chi connectivity index (χ1v) is 9.68. The number of piperidine rings is 1. The average molecular weight is 425 g/mol. The molecule has 4 N–H and O–H groups in total. The number of carbonyl (C=O) groups excluding carboxylic acids is 2. The van der Waals surface area contributed by atoms with Crippen molar-refractivity contribution < 1.29 is 18.7 Å². The first-order chi connectivity index (χ1) is 15.1. The first kappa shape index (κ1) is 20.4. The number of rotatable bonds is 6. The van der Waals surface area contributed by atoms with E-state index in [2.05, 4.69) is 36.1 Å². The van der Waals surface area contributed by atoms with Gasteiger partial charge in [-0.1, -0.05) is 0 Å². The molecule has 0 radical (unpaired) electrons. The molecule has 0 unspecified atom stereocenters. The summed E-state index contributed by atoms with van der Waals surface area (Å²) >= 11 is 0. The minimum absolute atomic E-state index is 0.0149. The largest absolute Gasteiger partial charge is 0.474 e. The number of H-pyrrole nitrogens is 1. The van der Waals surface area contributed by atoms with Gasteiger partial charge in [-0.15, -0.1) is 0 Å². The van der Waals surface area contributed by atoms with Crippen LogP contribution in [0, 0.1) is 5.82 Å². The number of nitrogens with one attached hydrogen (secondary N) is 4. The quantitative estimate of drug-likeness (QED) is 0.474. The molecule has 160 valence electrons. The van der Waals surface area contributed by atoms with Crippen LogP contribution in [0.4, 0.5) is 15.8 Å². The number of aromatic amines is 1. The van der Waals surface area contributed by atoms with Gasteiger partial charge in [-0.2, -0.15) is 5.10 Å². The minimum Gasteiger partial charge on any atom is -0.474 e. The summed E-state index contributed by atoms with van der Waals surface area (Å²) in [6.07, 6.45) is 6.94. The topological polar surface area (TPSA) is 134 Å². The van der Waals surface area contributed by atoms with Crippen molar-refractivity contribution >= 4 is 23.2 Å². The number of hydrogen-bond donors (Lipinski definition) is 4. The number of ether oxygens (including phenoxy) is 1. The molecule has 1 saturated heterocycles. The lowest BCUT2D eigenvalue weighted by atomic mass is 10.1. The van der Waals surface area contributed by atoms with Crippen molar-refractivity contribution in [3.8, 4) is 5.88 Å².